The minimum atomic E-state index is -4.45. The summed E-state index contributed by atoms with van der Waals surface area (Å²) in [4.78, 5) is 30.4. The maximum absolute atomic E-state index is 12.7. The molecule has 0 amide bonds. The average molecular weight is 397 g/mol. The van der Waals surface area contributed by atoms with Gasteiger partial charge in [-0.15, -0.1) is 5.06 Å². The molecule has 28 heavy (non-hydrogen) atoms. The van der Waals surface area contributed by atoms with Crippen molar-refractivity contribution in [1.29, 1.82) is 0 Å². The van der Waals surface area contributed by atoms with E-state index in [9.17, 15) is 22.8 Å². The molecule has 1 saturated heterocycles. The Morgan fingerprint density at radius 1 is 1.04 bits per heavy atom. The van der Waals surface area contributed by atoms with Gasteiger partial charge in [0.25, 0.3) is 0 Å². The van der Waals surface area contributed by atoms with Crippen LogP contribution in [0.5, 0.6) is 0 Å². The summed E-state index contributed by atoms with van der Waals surface area (Å²) in [6, 6.07) is 4.25. The maximum Gasteiger partial charge on any atom is 0.416 e. The summed E-state index contributed by atoms with van der Waals surface area (Å²) in [6.07, 6.45) is -0.525. The van der Waals surface area contributed by atoms with Crippen LogP contribution in [0.25, 0.3) is 6.08 Å². The third kappa shape index (κ3) is 5.01. The number of piperidine rings is 1. The molecule has 0 radical (unpaired) electrons. The van der Waals surface area contributed by atoms with Gasteiger partial charge in [-0.3, -0.25) is 4.79 Å². The van der Waals surface area contributed by atoms with Crippen molar-refractivity contribution in [3.8, 4) is 0 Å². The lowest BCUT2D eigenvalue weighted by molar-refractivity contribution is -0.262. The van der Waals surface area contributed by atoms with E-state index in [1.165, 1.54) is 25.1 Å². The fourth-order valence-electron chi connectivity index (χ4n) is 3.59. The molecule has 7 heteroatoms. The van der Waals surface area contributed by atoms with Crippen LogP contribution in [0.3, 0.4) is 0 Å². The summed E-state index contributed by atoms with van der Waals surface area (Å²) < 4.78 is 38.1. The third-order valence-corrected chi connectivity index (χ3v) is 5.00. The maximum atomic E-state index is 12.7. The number of halogens is 3. The molecule has 0 spiro atoms. The fourth-order valence-corrected chi connectivity index (χ4v) is 3.59. The molecule has 1 fully saturated rings. The van der Waals surface area contributed by atoms with Gasteiger partial charge in [-0.05, 0) is 77.7 Å². The topological polar surface area (TPSA) is 46.6 Å². The van der Waals surface area contributed by atoms with Gasteiger partial charge in [-0.25, -0.2) is 4.79 Å². The molecular formula is C21H26F3NO3. The number of hydroxylamine groups is 2. The lowest BCUT2D eigenvalue weighted by Gasteiger charge is -2.50. The van der Waals surface area contributed by atoms with Crippen LogP contribution in [0.2, 0.25) is 0 Å². The Kier molecular flexibility index (Phi) is 6.09. The van der Waals surface area contributed by atoms with Crippen molar-refractivity contribution in [3.63, 3.8) is 0 Å². The van der Waals surface area contributed by atoms with E-state index < -0.39 is 34.6 Å². The van der Waals surface area contributed by atoms with Crippen LogP contribution in [0.4, 0.5) is 13.2 Å². The zero-order valence-electron chi connectivity index (χ0n) is 16.8. The molecule has 0 atom stereocenters. The molecule has 1 aliphatic rings. The van der Waals surface area contributed by atoms with Crippen LogP contribution in [-0.2, 0) is 20.6 Å². The van der Waals surface area contributed by atoms with Gasteiger partial charge >= 0.3 is 12.1 Å². The Labute approximate surface area is 163 Å². The molecule has 4 nitrogen and oxygen atoms in total. The Morgan fingerprint density at radius 3 is 1.96 bits per heavy atom. The van der Waals surface area contributed by atoms with Crippen LogP contribution in [0, 0.1) is 0 Å². The lowest BCUT2D eigenvalue weighted by Crippen LogP contribution is -2.59. The first-order valence-corrected chi connectivity index (χ1v) is 9.16. The van der Waals surface area contributed by atoms with Crippen molar-refractivity contribution in [2.24, 2.45) is 0 Å². The predicted molar refractivity (Wildman–Crippen MR) is 100 cm³/mol. The second kappa shape index (κ2) is 7.70. The first-order valence-electron chi connectivity index (χ1n) is 9.16. The average Bonchev–Trinajstić information content (AvgIpc) is 2.55. The number of benzene rings is 1. The number of alkyl halides is 3. The lowest BCUT2D eigenvalue weighted by atomic mass is 9.82. The van der Waals surface area contributed by atoms with Crippen LogP contribution in [0.1, 0.15) is 65.0 Å². The monoisotopic (exact) mass is 397 g/mol. The molecule has 0 aliphatic carbocycles. The van der Waals surface area contributed by atoms with E-state index in [0.29, 0.717) is 5.56 Å². The SMILES string of the molecule is CC(=O)/C(=C\c1ccc(C(F)(F)F)cc1)C(=O)ON1C(C)(C)CCCC1(C)C. The van der Waals surface area contributed by atoms with E-state index in [0.717, 1.165) is 31.4 Å². The van der Waals surface area contributed by atoms with E-state index in [2.05, 4.69) is 0 Å². The quantitative estimate of drug-likeness (QED) is 0.399. The number of Topliss-reactive ketones (excluding diaryl/α,β-unsaturated/α-hetero) is 1. The van der Waals surface area contributed by atoms with E-state index in [-0.39, 0.29) is 5.57 Å². The Bertz CT molecular complexity index is 761. The minimum absolute atomic E-state index is 0.211. The second-order valence-corrected chi connectivity index (χ2v) is 8.39. The van der Waals surface area contributed by atoms with Crippen molar-refractivity contribution in [3.05, 3.63) is 41.0 Å². The van der Waals surface area contributed by atoms with Crippen LogP contribution in [-0.4, -0.2) is 27.9 Å². The van der Waals surface area contributed by atoms with E-state index in [1.807, 2.05) is 27.7 Å². The van der Waals surface area contributed by atoms with Gasteiger partial charge in [0.1, 0.15) is 5.57 Å². The van der Waals surface area contributed by atoms with Crippen LogP contribution >= 0.6 is 0 Å². The van der Waals surface area contributed by atoms with Crippen molar-refractivity contribution in [2.45, 2.75) is 71.1 Å². The van der Waals surface area contributed by atoms with Gasteiger partial charge in [-0.1, -0.05) is 12.1 Å². The largest absolute Gasteiger partial charge is 0.416 e. The highest BCUT2D eigenvalue weighted by Gasteiger charge is 2.44. The number of nitrogens with zero attached hydrogens (tertiary/aromatic N) is 1. The van der Waals surface area contributed by atoms with Crippen molar-refractivity contribution < 1.29 is 27.6 Å². The molecule has 2 rings (SSSR count). The standard InChI is InChI=1S/C21H26F3NO3/c1-14(26)17(13-15-7-9-16(10-8-15)21(22,23)24)18(27)28-25-19(2,3)11-6-12-20(25,4)5/h7-10,13H,6,11-12H2,1-5H3/b17-13+. The number of hydrogen-bond acceptors (Lipinski definition) is 4. The zero-order valence-corrected chi connectivity index (χ0v) is 16.8. The highest BCUT2D eigenvalue weighted by molar-refractivity contribution is 6.19. The molecule has 0 saturated carbocycles. The molecule has 0 N–H and O–H groups in total. The molecular weight excluding hydrogens is 371 g/mol. The Balaban J connectivity index is 2.29. The smallest absolute Gasteiger partial charge is 0.363 e. The van der Waals surface area contributed by atoms with Gasteiger partial charge in [0.2, 0.25) is 0 Å². The summed E-state index contributed by atoms with van der Waals surface area (Å²) in [5, 5.41) is 1.63. The van der Waals surface area contributed by atoms with Gasteiger partial charge in [0.05, 0.1) is 16.6 Å². The number of carbonyl (C=O) groups is 2. The first kappa shape index (κ1) is 22.1. The number of rotatable bonds is 4. The van der Waals surface area contributed by atoms with Crippen molar-refractivity contribution in [1.82, 2.24) is 5.06 Å². The van der Waals surface area contributed by atoms with E-state index in [1.54, 1.807) is 5.06 Å². The highest BCUT2D eigenvalue weighted by Crippen LogP contribution is 2.38. The normalized spacial score (nSPS) is 19.9. The molecule has 1 aromatic carbocycles. The fraction of sp³-hybridized carbons (Fsp3) is 0.524. The third-order valence-electron chi connectivity index (χ3n) is 5.00. The van der Waals surface area contributed by atoms with Crippen LogP contribution in [0.15, 0.2) is 29.8 Å². The first-order chi connectivity index (χ1) is 12.7. The summed E-state index contributed by atoms with van der Waals surface area (Å²) in [5.41, 5.74) is -1.49. The summed E-state index contributed by atoms with van der Waals surface area (Å²) >= 11 is 0. The van der Waals surface area contributed by atoms with Crippen LogP contribution < -0.4 is 0 Å². The van der Waals surface area contributed by atoms with Crippen molar-refractivity contribution >= 4 is 17.8 Å². The molecule has 0 bridgehead atoms. The van der Waals surface area contributed by atoms with Gasteiger partial charge in [0, 0.05) is 0 Å². The summed E-state index contributed by atoms with van der Waals surface area (Å²) in [5.74, 6) is -1.33. The van der Waals surface area contributed by atoms with Gasteiger partial charge < -0.3 is 4.84 Å². The van der Waals surface area contributed by atoms with Crippen molar-refractivity contribution in [2.75, 3.05) is 0 Å². The molecule has 1 aromatic rings. The highest BCUT2D eigenvalue weighted by atomic mass is 19.4. The van der Waals surface area contributed by atoms with Gasteiger partial charge in [-0.2, -0.15) is 13.2 Å². The Hall–Kier alpha value is -2.15. The molecule has 0 aromatic heterocycles. The molecule has 154 valence electrons. The summed E-state index contributed by atoms with van der Waals surface area (Å²) in [6.45, 7) is 9.09. The van der Waals surface area contributed by atoms with Gasteiger partial charge in [0.15, 0.2) is 5.78 Å². The Morgan fingerprint density at radius 2 is 1.54 bits per heavy atom. The number of carbonyl (C=O) groups excluding carboxylic acids is 2. The van der Waals surface area contributed by atoms with E-state index >= 15 is 0 Å². The summed E-state index contributed by atoms with van der Waals surface area (Å²) in [7, 11) is 0. The molecule has 1 aliphatic heterocycles. The predicted octanol–water partition coefficient (Wildman–Crippen LogP) is 5.18. The second-order valence-electron chi connectivity index (χ2n) is 8.39. The number of hydrogen-bond donors (Lipinski definition) is 0. The zero-order chi connectivity index (χ0) is 21.3. The molecule has 0 unspecified atom stereocenters. The van der Waals surface area contributed by atoms with E-state index in [4.69, 9.17) is 4.84 Å². The number of ketones is 1. The molecule has 1 heterocycles. The minimum Gasteiger partial charge on any atom is -0.363 e.